The van der Waals surface area contributed by atoms with Gasteiger partial charge in [0.05, 0.1) is 12.1 Å². The van der Waals surface area contributed by atoms with Gasteiger partial charge in [0, 0.05) is 6.92 Å². The van der Waals surface area contributed by atoms with Crippen molar-refractivity contribution in [3.05, 3.63) is 0 Å². The van der Waals surface area contributed by atoms with Gasteiger partial charge in [0.1, 0.15) is 5.01 Å². The molecule has 1 rings (SSSR count). The molecule has 0 spiro atoms. The summed E-state index contributed by atoms with van der Waals surface area (Å²) in [4.78, 5) is 21.9. The van der Waals surface area contributed by atoms with Crippen LogP contribution in [0.3, 0.4) is 0 Å². The number of esters is 1. The molecule has 0 aliphatic carbocycles. The molecule has 0 saturated carbocycles. The summed E-state index contributed by atoms with van der Waals surface area (Å²) in [5, 5.41) is 0.436. The molecule has 1 fully saturated rings. The molecule has 0 bridgehead atoms. The third kappa shape index (κ3) is 4.05. The molecule has 1 amide bonds. The van der Waals surface area contributed by atoms with Crippen LogP contribution in [-0.2, 0) is 19.1 Å². The van der Waals surface area contributed by atoms with Crippen molar-refractivity contribution in [2.75, 3.05) is 0 Å². The van der Waals surface area contributed by atoms with Crippen molar-refractivity contribution in [3.8, 4) is 0 Å². The van der Waals surface area contributed by atoms with Gasteiger partial charge in [-0.15, -0.1) is 0 Å². The Labute approximate surface area is 120 Å². The molecule has 5 nitrogen and oxygen atoms in total. The topological polar surface area (TPSA) is 64.6 Å². The second-order valence-electron chi connectivity index (χ2n) is 4.21. The number of hydrogen-bond acceptors (Lipinski definition) is 4. The second-order valence-corrected chi connectivity index (χ2v) is 5.11. The van der Waals surface area contributed by atoms with Gasteiger partial charge in [-0.2, -0.15) is 13.2 Å². The lowest BCUT2D eigenvalue weighted by molar-refractivity contribution is -0.186. The maximum atomic E-state index is 13.9. The van der Waals surface area contributed by atoms with Crippen molar-refractivity contribution in [1.29, 1.82) is 0 Å². The number of hydrogen-bond donors (Lipinski definition) is 1. The summed E-state index contributed by atoms with van der Waals surface area (Å²) in [5.41, 5.74) is 0. The fraction of sp³-hybridized carbons (Fsp3) is 0.800. The number of carbonyl (C=O) groups is 2. The Bertz CT molecular complexity index is 392. The van der Waals surface area contributed by atoms with Gasteiger partial charge in [-0.3, -0.25) is 9.59 Å². The number of amides is 1. The summed E-state index contributed by atoms with van der Waals surface area (Å²) < 4.78 is 60.3. The zero-order valence-corrected chi connectivity index (χ0v) is 12.0. The van der Waals surface area contributed by atoms with Crippen LogP contribution in [0.25, 0.3) is 0 Å². The number of alkyl halides is 5. The third-order valence-electron chi connectivity index (χ3n) is 2.63. The SMILES string of the molecule is CC(=O)O[C@H]1[C@@H](F)[C@H](Br)O[C@@H](C)[C@H]1NC(=O)C(F)(F)F. The molecule has 116 valence electrons. The predicted octanol–water partition coefficient (Wildman–Crippen LogP) is 1.44. The number of ether oxygens (including phenoxy) is 2. The van der Waals surface area contributed by atoms with Crippen molar-refractivity contribution >= 4 is 27.8 Å². The summed E-state index contributed by atoms with van der Waals surface area (Å²) in [5.74, 6) is -3.13. The Balaban J connectivity index is 2.92. The Morgan fingerprint density at radius 1 is 1.35 bits per heavy atom. The number of rotatable bonds is 2. The van der Waals surface area contributed by atoms with Gasteiger partial charge in [-0.05, 0) is 6.92 Å². The molecule has 1 saturated heterocycles. The van der Waals surface area contributed by atoms with Crippen LogP contribution in [0, 0.1) is 0 Å². The molecule has 5 atom stereocenters. The average molecular weight is 366 g/mol. The first-order valence-electron chi connectivity index (χ1n) is 5.52. The van der Waals surface area contributed by atoms with E-state index in [1.807, 2.05) is 0 Å². The Hall–Kier alpha value is -0.900. The van der Waals surface area contributed by atoms with Gasteiger partial charge < -0.3 is 14.8 Å². The van der Waals surface area contributed by atoms with Crippen LogP contribution in [0.5, 0.6) is 0 Å². The smallest absolute Gasteiger partial charge is 0.457 e. The first kappa shape index (κ1) is 17.2. The first-order chi connectivity index (χ1) is 9.04. The Morgan fingerprint density at radius 2 is 1.90 bits per heavy atom. The molecule has 1 N–H and O–H groups in total. The minimum atomic E-state index is -5.13. The van der Waals surface area contributed by atoms with Crippen molar-refractivity contribution in [2.45, 2.75) is 49.5 Å². The summed E-state index contributed by atoms with van der Waals surface area (Å²) >= 11 is 2.83. The van der Waals surface area contributed by atoms with Crippen molar-refractivity contribution < 1.29 is 36.6 Å². The Morgan fingerprint density at radius 3 is 2.35 bits per heavy atom. The number of nitrogens with one attached hydrogen (secondary N) is 1. The third-order valence-corrected chi connectivity index (χ3v) is 3.35. The molecular formula is C10H12BrF4NO4. The molecule has 0 unspecified atom stereocenters. The van der Waals surface area contributed by atoms with Crippen LogP contribution < -0.4 is 5.32 Å². The number of carbonyl (C=O) groups excluding carboxylic acids is 2. The summed E-state index contributed by atoms with van der Waals surface area (Å²) in [6, 6.07) is -1.45. The average Bonchev–Trinajstić information content (AvgIpc) is 2.28. The predicted molar refractivity (Wildman–Crippen MR) is 61.7 cm³/mol. The van der Waals surface area contributed by atoms with Gasteiger partial charge in [0.2, 0.25) is 0 Å². The van der Waals surface area contributed by atoms with Crippen molar-refractivity contribution in [3.63, 3.8) is 0 Å². The lowest BCUT2D eigenvalue weighted by atomic mass is 9.98. The van der Waals surface area contributed by atoms with E-state index in [9.17, 15) is 27.2 Å². The van der Waals surface area contributed by atoms with Crippen LogP contribution >= 0.6 is 15.9 Å². The van der Waals surface area contributed by atoms with Crippen LogP contribution in [0.4, 0.5) is 17.6 Å². The molecule has 0 aromatic carbocycles. The fourth-order valence-electron chi connectivity index (χ4n) is 1.74. The molecule has 0 aromatic heterocycles. The van der Waals surface area contributed by atoms with E-state index >= 15 is 0 Å². The van der Waals surface area contributed by atoms with E-state index < -0.39 is 47.5 Å². The largest absolute Gasteiger partial charge is 0.471 e. The molecule has 1 heterocycles. The van der Waals surface area contributed by atoms with Crippen LogP contribution in [0.15, 0.2) is 0 Å². The highest BCUT2D eigenvalue weighted by molar-refractivity contribution is 9.09. The van der Waals surface area contributed by atoms with E-state index in [0.29, 0.717) is 0 Å². The minimum absolute atomic E-state index is 0.877. The van der Waals surface area contributed by atoms with Crippen molar-refractivity contribution in [1.82, 2.24) is 5.32 Å². The Kier molecular flexibility index (Phi) is 5.36. The summed E-state index contributed by atoms with van der Waals surface area (Å²) in [7, 11) is 0. The van der Waals surface area contributed by atoms with E-state index in [-0.39, 0.29) is 0 Å². The van der Waals surface area contributed by atoms with E-state index in [1.54, 1.807) is 5.32 Å². The van der Waals surface area contributed by atoms with Gasteiger partial charge in [0.15, 0.2) is 12.3 Å². The van der Waals surface area contributed by atoms with E-state index in [2.05, 4.69) is 20.7 Å². The summed E-state index contributed by atoms with van der Waals surface area (Å²) in [6.07, 6.45) is -9.61. The highest BCUT2D eigenvalue weighted by atomic mass is 79.9. The van der Waals surface area contributed by atoms with Crippen LogP contribution in [0.1, 0.15) is 13.8 Å². The zero-order chi connectivity index (χ0) is 15.7. The second kappa shape index (κ2) is 6.25. The first-order valence-corrected chi connectivity index (χ1v) is 6.44. The van der Waals surface area contributed by atoms with Gasteiger partial charge in [-0.25, -0.2) is 4.39 Å². The lowest BCUT2D eigenvalue weighted by Gasteiger charge is -2.40. The zero-order valence-electron chi connectivity index (χ0n) is 10.4. The summed E-state index contributed by atoms with van der Waals surface area (Å²) in [6.45, 7) is 2.32. The molecule has 0 radical (unpaired) electrons. The fourth-order valence-corrected chi connectivity index (χ4v) is 2.38. The maximum absolute atomic E-state index is 13.9. The molecule has 0 aromatic rings. The number of halogens is 5. The highest BCUT2D eigenvalue weighted by Crippen LogP contribution is 2.29. The normalized spacial score (nSPS) is 34.5. The minimum Gasteiger partial charge on any atom is -0.457 e. The molecule has 1 aliphatic heterocycles. The van der Waals surface area contributed by atoms with E-state index in [0.717, 1.165) is 6.92 Å². The van der Waals surface area contributed by atoms with Crippen LogP contribution in [-0.4, -0.2) is 47.5 Å². The standard InChI is InChI=1S/C10H12BrF4NO4/c1-3-6(16-9(18)10(13,14)15)7(20-4(2)17)5(12)8(11)19-3/h3,5-8H,1-2H3,(H,16,18)/t3-,5+,6+,7-,8+/m0/s1. The van der Waals surface area contributed by atoms with Gasteiger partial charge in [0.25, 0.3) is 0 Å². The van der Waals surface area contributed by atoms with E-state index in [4.69, 9.17) is 4.74 Å². The quantitative estimate of drug-likeness (QED) is 0.457. The van der Waals surface area contributed by atoms with Crippen molar-refractivity contribution in [2.24, 2.45) is 0 Å². The highest BCUT2D eigenvalue weighted by Gasteiger charge is 2.49. The van der Waals surface area contributed by atoms with Gasteiger partial charge >= 0.3 is 18.1 Å². The maximum Gasteiger partial charge on any atom is 0.471 e. The molecule has 10 heteroatoms. The monoisotopic (exact) mass is 365 g/mol. The molecular weight excluding hydrogens is 354 g/mol. The lowest BCUT2D eigenvalue weighted by Crippen LogP contribution is -2.63. The van der Waals surface area contributed by atoms with Crippen LogP contribution in [0.2, 0.25) is 0 Å². The van der Waals surface area contributed by atoms with E-state index in [1.165, 1.54) is 6.92 Å². The molecule has 1 aliphatic rings. The molecule has 20 heavy (non-hydrogen) atoms. The van der Waals surface area contributed by atoms with Gasteiger partial charge in [-0.1, -0.05) is 15.9 Å².